The monoisotopic (exact) mass is 347 g/mol. The predicted octanol–water partition coefficient (Wildman–Crippen LogP) is 2.25. The van der Waals surface area contributed by atoms with Gasteiger partial charge in [0.05, 0.1) is 29.0 Å². The molecule has 1 aromatic heterocycles. The molecule has 3 rings (SSSR count). The smallest absolute Gasteiger partial charge is 0.303 e. The predicted molar refractivity (Wildman–Crippen MR) is 93.3 cm³/mol. The molecule has 134 valence electrons. The Morgan fingerprint density at radius 1 is 1.36 bits per heavy atom. The van der Waals surface area contributed by atoms with E-state index in [9.17, 15) is 14.9 Å². The van der Waals surface area contributed by atoms with Crippen molar-refractivity contribution in [2.24, 2.45) is 7.05 Å². The Hall–Kier alpha value is -2.61. The van der Waals surface area contributed by atoms with E-state index in [2.05, 4.69) is 4.90 Å². The topological polar surface area (TPSA) is 97.8 Å². The number of nitrogens with zero attached hydrogens (tertiary/aromatic N) is 3. The number of rotatable bonds is 5. The largest absolute Gasteiger partial charge is 0.481 e. The third-order valence-electron chi connectivity index (χ3n) is 4.85. The fourth-order valence-corrected chi connectivity index (χ4v) is 3.42. The Kier molecular flexibility index (Phi) is 4.63. The van der Waals surface area contributed by atoms with Crippen LogP contribution in [0.1, 0.15) is 17.7 Å². The van der Waals surface area contributed by atoms with Gasteiger partial charge in [-0.05, 0) is 25.0 Å². The summed E-state index contributed by atoms with van der Waals surface area (Å²) in [6.07, 6.45) is 0.221. The van der Waals surface area contributed by atoms with E-state index in [-0.39, 0.29) is 23.5 Å². The lowest BCUT2D eigenvalue weighted by atomic mass is 10.0. The number of fused-ring (bicyclic) bond motifs is 1. The Morgan fingerprint density at radius 3 is 2.64 bits per heavy atom. The first-order valence-electron chi connectivity index (χ1n) is 8.21. The highest BCUT2D eigenvalue weighted by Crippen LogP contribution is 2.37. The normalized spacial score (nSPS) is 14.9. The number of aliphatic carboxylic acids is 1. The van der Waals surface area contributed by atoms with E-state index < -0.39 is 5.97 Å². The maximum absolute atomic E-state index is 11.7. The van der Waals surface area contributed by atoms with Gasteiger partial charge in [-0.15, -0.1) is 0 Å². The first-order valence-corrected chi connectivity index (χ1v) is 8.21. The number of ether oxygens (including phenoxy) is 1. The second-order valence-corrected chi connectivity index (χ2v) is 6.23. The number of aromatic nitrogens is 1. The second kappa shape index (κ2) is 6.72. The van der Waals surface area contributed by atoms with Crippen LogP contribution in [0.5, 0.6) is 0 Å². The lowest BCUT2D eigenvalue weighted by Crippen LogP contribution is -2.36. The molecule has 25 heavy (non-hydrogen) atoms. The summed E-state index contributed by atoms with van der Waals surface area (Å²) in [5.74, 6) is -0.913. The molecule has 0 spiro atoms. The van der Waals surface area contributed by atoms with Crippen LogP contribution >= 0.6 is 0 Å². The summed E-state index contributed by atoms with van der Waals surface area (Å²) in [6, 6.07) is 3.54. The van der Waals surface area contributed by atoms with Crippen LogP contribution in [0, 0.1) is 17.0 Å². The van der Waals surface area contributed by atoms with Gasteiger partial charge in [0.2, 0.25) is 0 Å². The Balaban J connectivity index is 2.17. The number of hydrogen-bond donors (Lipinski definition) is 1. The third kappa shape index (κ3) is 3.17. The van der Waals surface area contributed by atoms with Gasteiger partial charge in [0.15, 0.2) is 0 Å². The molecule has 0 saturated carbocycles. The molecule has 1 saturated heterocycles. The summed E-state index contributed by atoms with van der Waals surface area (Å²) in [5, 5.41) is 21.2. The van der Waals surface area contributed by atoms with E-state index in [1.807, 2.05) is 24.6 Å². The highest BCUT2D eigenvalue weighted by Gasteiger charge is 2.25. The van der Waals surface area contributed by atoms with E-state index in [0.29, 0.717) is 31.7 Å². The van der Waals surface area contributed by atoms with Crippen LogP contribution in [0.15, 0.2) is 12.1 Å². The summed E-state index contributed by atoms with van der Waals surface area (Å²) >= 11 is 0. The Morgan fingerprint density at radius 2 is 2.04 bits per heavy atom. The van der Waals surface area contributed by atoms with Crippen LogP contribution in [-0.2, 0) is 23.0 Å². The average molecular weight is 347 g/mol. The van der Waals surface area contributed by atoms with E-state index >= 15 is 0 Å². The molecule has 0 aliphatic carbocycles. The van der Waals surface area contributed by atoms with Crippen molar-refractivity contribution in [1.29, 1.82) is 0 Å². The number of morpholine rings is 1. The van der Waals surface area contributed by atoms with Crippen LogP contribution in [0.25, 0.3) is 10.9 Å². The summed E-state index contributed by atoms with van der Waals surface area (Å²) in [7, 11) is 1.86. The molecule has 2 heterocycles. The number of anilines is 1. The van der Waals surface area contributed by atoms with E-state index in [4.69, 9.17) is 9.84 Å². The minimum absolute atomic E-state index is 0.0306. The number of carbonyl (C=O) groups is 1. The number of benzene rings is 1. The fourth-order valence-electron chi connectivity index (χ4n) is 3.42. The molecule has 1 aromatic carbocycles. The number of carboxylic acids is 1. The van der Waals surface area contributed by atoms with Crippen molar-refractivity contribution < 1.29 is 19.6 Å². The molecule has 2 aromatic rings. The summed E-state index contributed by atoms with van der Waals surface area (Å²) in [4.78, 5) is 24.3. The summed E-state index contributed by atoms with van der Waals surface area (Å²) in [5.41, 5.74) is 3.18. The molecule has 0 bridgehead atoms. The number of non-ortho nitro benzene ring substituents is 1. The molecular weight excluding hydrogens is 326 g/mol. The number of aryl methyl sites for hydroxylation is 2. The van der Waals surface area contributed by atoms with Crippen molar-refractivity contribution in [3.05, 3.63) is 33.5 Å². The fraction of sp³-hybridized carbons (Fsp3) is 0.471. The first-order chi connectivity index (χ1) is 11.9. The van der Waals surface area contributed by atoms with Crippen LogP contribution in [0.3, 0.4) is 0 Å². The molecule has 1 aliphatic rings. The van der Waals surface area contributed by atoms with Crippen molar-refractivity contribution in [2.45, 2.75) is 19.8 Å². The number of nitro benzene ring substituents is 1. The van der Waals surface area contributed by atoms with Crippen LogP contribution in [0.2, 0.25) is 0 Å². The van der Waals surface area contributed by atoms with Crippen molar-refractivity contribution in [1.82, 2.24) is 4.57 Å². The van der Waals surface area contributed by atoms with Gasteiger partial charge in [0.25, 0.3) is 5.69 Å². The van der Waals surface area contributed by atoms with Crippen molar-refractivity contribution in [3.8, 4) is 0 Å². The molecule has 1 fully saturated rings. The molecule has 8 nitrogen and oxygen atoms in total. The zero-order valence-corrected chi connectivity index (χ0v) is 14.3. The molecule has 1 aliphatic heterocycles. The van der Waals surface area contributed by atoms with Crippen LogP contribution < -0.4 is 4.90 Å². The molecule has 0 amide bonds. The van der Waals surface area contributed by atoms with Gasteiger partial charge in [0.1, 0.15) is 0 Å². The van der Waals surface area contributed by atoms with Gasteiger partial charge in [-0.3, -0.25) is 14.9 Å². The van der Waals surface area contributed by atoms with Gasteiger partial charge in [-0.25, -0.2) is 0 Å². The van der Waals surface area contributed by atoms with Crippen molar-refractivity contribution in [3.63, 3.8) is 0 Å². The summed E-state index contributed by atoms with van der Waals surface area (Å²) < 4.78 is 7.26. The molecule has 8 heteroatoms. The average Bonchev–Trinajstić information content (AvgIpc) is 2.84. The van der Waals surface area contributed by atoms with Gasteiger partial charge in [-0.2, -0.15) is 0 Å². The summed E-state index contributed by atoms with van der Waals surface area (Å²) in [6.45, 7) is 4.45. The quantitative estimate of drug-likeness (QED) is 0.658. The molecule has 0 atom stereocenters. The Bertz CT molecular complexity index is 837. The van der Waals surface area contributed by atoms with Crippen molar-refractivity contribution in [2.75, 3.05) is 31.2 Å². The lowest BCUT2D eigenvalue weighted by Gasteiger charge is -2.28. The lowest BCUT2D eigenvalue weighted by molar-refractivity contribution is -0.383. The number of nitro groups is 1. The van der Waals surface area contributed by atoms with Gasteiger partial charge in [0, 0.05) is 44.0 Å². The maximum atomic E-state index is 11.7. The highest BCUT2D eigenvalue weighted by molar-refractivity contribution is 5.96. The minimum atomic E-state index is -0.913. The third-order valence-corrected chi connectivity index (χ3v) is 4.85. The number of hydrogen-bond acceptors (Lipinski definition) is 5. The van der Waals surface area contributed by atoms with Gasteiger partial charge in [-0.1, -0.05) is 0 Å². The SMILES string of the molecule is Cc1c(CCC(=O)O)c2c([N+](=O)[O-])cc(N3CCOCC3)cc2n1C. The molecule has 0 radical (unpaired) electrons. The van der Waals surface area contributed by atoms with E-state index in [1.165, 1.54) is 0 Å². The minimum Gasteiger partial charge on any atom is -0.481 e. The molecular formula is C17H21N3O5. The van der Waals surface area contributed by atoms with Crippen LogP contribution in [-0.4, -0.2) is 46.9 Å². The van der Waals surface area contributed by atoms with Crippen molar-refractivity contribution >= 4 is 28.2 Å². The second-order valence-electron chi connectivity index (χ2n) is 6.23. The van der Waals surface area contributed by atoms with Gasteiger partial charge >= 0.3 is 5.97 Å². The van der Waals surface area contributed by atoms with E-state index in [0.717, 1.165) is 22.5 Å². The molecule has 0 unspecified atom stereocenters. The zero-order chi connectivity index (χ0) is 18.1. The Labute approximate surface area is 144 Å². The zero-order valence-electron chi connectivity index (χ0n) is 14.3. The highest BCUT2D eigenvalue weighted by atomic mass is 16.6. The van der Waals surface area contributed by atoms with Gasteiger partial charge < -0.3 is 19.3 Å². The number of carboxylic acid groups (broad SMARTS) is 1. The standard InChI is InChI=1S/C17H21N3O5/c1-11-13(3-4-16(21)22)17-14(18(11)2)9-12(10-15(17)20(23)24)19-5-7-25-8-6-19/h9-10H,3-8H2,1-2H3,(H,21,22). The van der Waals surface area contributed by atoms with E-state index in [1.54, 1.807) is 6.07 Å². The first kappa shape index (κ1) is 17.2. The maximum Gasteiger partial charge on any atom is 0.303 e. The van der Waals surface area contributed by atoms with Crippen LogP contribution in [0.4, 0.5) is 11.4 Å². The molecule has 1 N–H and O–H groups in total.